The lowest BCUT2D eigenvalue weighted by molar-refractivity contribution is 0.0380. The lowest BCUT2D eigenvalue weighted by atomic mass is 10.00. The third kappa shape index (κ3) is 3.24. The monoisotopic (exact) mass is 307 g/mol. The molecule has 0 amide bonds. The van der Waals surface area contributed by atoms with Crippen LogP contribution in [0.2, 0.25) is 0 Å². The first-order valence-corrected chi connectivity index (χ1v) is 7.63. The number of aryl methyl sites for hydroxylation is 1. The highest BCUT2D eigenvalue weighted by atomic mass is 32.1. The van der Waals surface area contributed by atoms with Crippen molar-refractivity contribution in [3.8, 4) is 11.1 Å². The van der Waals surface area contributed by atoms with Gasteiger partial charge in [0.25, 0.3) is 0 Å². The van der Waals surface area contributed by atoms with E-state index in [-0.39, 0.29) is 11.9 Å². The Labute approximate surface area is 127 Å². The summed E-state index contributed by atoms with van der Waals surface area (Å²) >= 11 is 1.38. The van der Waals surface area contributed by atoms with Gasteiger partial charge in [0.05, 0.1) is 6.10 Å². The Morgan fingerprint density at radius 2 is 1.95 bits per heavy atom. The van der Waals surface area contributed by atoms with E-state index in [2.05, 4.69) is 0 Å². The van der Waals surface area contributed by atoms with Gasteiger partial charge >= 0.3 is 5.97 Å². The Morgan fingerprint density at radius 1 is 1.33 bits per heavy atom. The van der Waals surface area contributed by atoms with Gasteiger partial charge < -0.3 is 10.5 Å². The lowest BCUT2D eigenvalue weighted by Gasteiger charge is -2.10. The summed E-state index contributed by atoms with van der Waals surface area (Å²) in [6.07, 6.45) is 0.527. The molecule has 2 rings (SSSR count). The summed E-state index contributed by atoms with van der Waals surface area (Å²) in [4.78, 5) is 13.3. The first-order chi connectivity index (χ1) is 9.93. The zero-order valence-electron chi connectivity index (χ0n) is 12.3. The maximum Gasteiger partial charge on any atom is 0.342 e. The number of ether oxygens (including phenoxy) is 1. The summed E-state index contributed by atoms with van der Waals surface area (Å²) in [6.45, 7) is 5.58. The van der Waals surface area contributed by atoms with Crippen LogP contribution in [0.15, 0.2) is 24.3 Å². The Balaban J connectivity index is 2.57. The minimum absolute atomic E-state index is 0.219. The number of hydrogen-bond acceptors (Lipinski definition) is 4. The third-order valence-corrected chi connectivity index (χ3v) is 4.17. The number of halogens is 1. The fourth-order valence-corrected chi connectivity index (χ4v) is 3.16. The summed E-state index contributed by atoms with van der Waals surface area (Å²) in [7, 11) is 0. The number of nitrogen functional groups attached to an aromatic ring is 1. The summed E-state index contributed by atoms with van der Waals surface area (Å²) in [5.74, 6) is -0.746. The highest BCUT2D eigenvalue weighted by Gasteiger charge is 2.24. The van der Waals surface area contributed by atoms with Crippen molar-refractivity contribution in [2.24, 2.45) is 0 Å². The van der Waals surface area contributed by atoms with Crippen molar-refractivity contribution in [1.29, 1.82) is 0 Å². The molecule has 0 atom stereocenters. The first-order valence-electron chi connectivity index (χ1n) is 6.82. The van der Waals surface area contributed by atoms with E-state index in [1.165, 1.54) is 23.5 Å². The Bertz CT molecular complexity index is 647. The number of benzene rings is 1. The van der Waals surface area contributed by atoms with Crippen LogP contribution < -0.4 is 5.73 Å². The number of anilines is 1. The number of esters is 1. The predicted molar refractivity (Wildman–Crippen MR) is 84.1 cm³/mol. The molecule has 1 heterocycles. The SMILES string of the molecule is CCc1sc(N)c(C(=O)OC(C)C)c1-c1ccc(F)cc1. The van der Waals surface area contributed by atoms with E-state index in [0.717, 1.165) is 22.4 Å². The molecule has 3 nitrogen and oxygen atoms in total. The highest BCUT2D eigenvalue weighted by Crippen LogP contribution is 2.39. The Hall–Kier alpha value is -1.88. The lowest BCUT2D eigenvalue weighted by Crippen LogP contribution is -2.13. The second kappa shape index (κ2) is 6.26. The second-order valence-corrected chi connectivity index (χ2v) is 6.09. The number of thiophene rings is 1. The van der Waals surface area contributed by atoms with Gasteiger partial charge in [-0.15, -0.1) is 11.3 Å². The van der Waals surface area contributed by atoms with Gasteiger partial charge in [-0.25, -0.2) is 9.18 Å². The van der Waals surface area contributed by atoms with E-state index >= 15 is 0 Å². The first kappa shape index (κ1) is 15.5. The van der Waals surface area contributed by atoms with E-state index in [1.807, 2.05) is 6.92 Å². The van der Waals surface area contributed by atoms with Gasteiger partial charge in [0.15, 0.2) is 0 Å². The second-order valence-electron chi connectivity index (χ2n) is 4.95. The van der Waals surface area contributed by atoms with Gasteiger partial charge in [-0.1, -0.05) is 19.1 Å². The zero-order chi connectivity index (χ0) is 15.6. The quantitative estimate of drug-likeness (QED) is 0.858. The molecule has 1 aromatic carbocycles. The molecule has 1 aromatic heterocycles. The molecule has 0 bridgehead atoms. The highest BCUT2D eigenvalue weighted by molar-refractivity contribution is 7.17. The van der Waals surface area contributed by atoms with Crippen LogP contribution >= 0.6 is 11.3 Å². The molecule has 0 fully saturated rings. The summed E-state index contributed by atoms with van der Waals surface area (Å²) in [6, 6.07) is 6.06. The number of nitrogens with two attached hydrogens (primary N) is 1. The van der Waals surface area contributed by atoms with Crippen LogP contribution in [0.1, 0.15) is 36.0 Å². The molecular formula is C16H18FNO2S. The number of carbonyl (C=O) groups is 1. The fraction of sp³-hybridized carbons (Fsp3) is 0.312. The van der Waals surface area contributed by atoms with Crippen LogP contribution in [-0.4, -0.2) is 12.1 Å². The molecule has 112 valence electrons. The van der Waals surface area contributed by atoms with E-state index in [4.69, 9.17) is 10.5 Å². The summed E-state index contributed by atoms with van der Waals surface area (Å²) in [5, 5.41) is 0.442. The van der Waals surface area contributed by atoms with Crippen LogP contribution in [0.4, 0.5) is 9.39 Å². The van der Waals surface area contributed by atoms with Crippen molar-refractivity contribution in [3.05, 3.63) is 40.5 Å². The molecule has 0 unspecified atom stereocenters. The van der Waals surface area contributed by atoms with Crippen molar-refractivity contribution in [3.63, 3.8) is 0 Å². The average Bonchev–Trinajstić information content (AvgIpc) is 2.75. The standard InChI is InChI=1S/C16H18FNO2S/c1-4-12-13(10-5-7-11(17)8-6-10)14(15(18)21-12)16(19)20-9(2)3/h5-9H,4,18H2,1-3H3. The summed E-state index contributed by atoms with van der Waals surface area (Å²) < 4.78 is 18.4. The molecule has 5 heteroatoms. The van der Waals surface area contributed by atoms with Crippen LogP contribution in [0.25, 0.3) is 11.1 Å². The molecule has 2 aromatic rings. The van der Waals surface area contributed by atoms with E-state index in [0.29, 0.717) is 10.6 Å². The van der Waals surface area contributed by atoms with Crippen LogP contribution in [-0.2, 0) is 11.2 Å². The van der Waals surface area contributed by atoms with Crippen LogP contribution in [0.3, 0.4) is 0 Å². The van der Waals surface area contributed by atoms with E-state index < -0.39 is 5.97 Å². The largest absolute Gasteiger partial charge is 0.459 e. The van der Waals surface area contributed by atoms with Gasteiger partial charge in [0.1, 0.15) is 16.4 Å². The minimum atomic E-state index is -0.433. The van der Waals surface area contributed by atoms with Crippen LogP contribution in [0, 0.1) is 5.82 Å². The smallest absolute Gasteiger partial charge is 0.342 e. The maximum absolute atomic E-state index is 13.1. The van der Waals surface area contributed by atoms with Crippen molar-refractivity contribution in [2.45, 2.75) is 33.3 Å². The van der Waals surface area contributed by atoms with Gasteiger partial charge in [0.2, 0.25) is 0 Å². The molecule has 0 aliphatic carbocycles. The predicted octanol–water partition coefficient (Wildman–Crippen LogP) is 4.26. The molecule has 0 aliphatic heterocycles. The molecule has 0 saturated heterocycles. The molecule has 0 saturated carbocycles. The van der Waals surface area contributed by atoms with Crippen molar-refractivity contribution >= 4 is 22.3 Å². The summed E-state index contributed by atoms with van der Waals surface area (Å²) in [5.41, 5.74) is 7.92. The fourth-order valence-electron chi connectivity index (χ4n) is 2.14. The topological polar surface area (TPSA) is 52.3 Å². The number of rotatable bonds is 4. The van der Waals surface area contributed by atoms with Gasteiger partial charge in [-0.05, 0) is 38.0 Å². The zero-order valence-corrected chi connectivity index (χ0v) is 13.1. The van der Waals surface area contributed by atoms with Crippen LogP contribution in [0.5, 0.6) is 0 Å². The Morgan fingerprint density at radius 3 is 2.48 bits per heavy atom. The molecule has 0 spiro atoms. The van der Waals surface area contributed by atoms with Crippen molar-refractivity contribution in [1.82, 2.24) is 0 Å². The van der Waals surface area contributed by atoms with Gasteiger partial charge in [-0.3, -0.25) is 0 Å². The average molecular weight is 307 g/mol. The molecule has 0 aliphatic rings. The number of carbonyl (C=O) groups excluding carboxylic acids is 1. The van der Waals surface area contributed by atoms with Crippen molar-refractivity contribution in [2.75, 3.05) is 5.73 Å². The van der Waals surface area contributed by atoms with Gasteiger partial charge in [-0.2, -0.15) is 0 Å². The van der Waals surface area contributed by atoms with E-state index in [9.17, 15) is 9.18 Å². The Kier molecular flexibility index (Phi) is 4.63. The molecular weight excluding hydrogens is 289 g/mol. The maximum atomic E-state index is 13.1. The normalized spacial score (nSPS) is 10.9. The molecule has 2 N–H and O–H groups in total. The number of hydrogen-bond donors (Lipinski definition) is 1. The molecule has 0 radical (unpaired) electrons. The van der Waals surface area contributed by atoms with Crippen molar-refractivity contribution < 1.29 is 13.9 Å². The van der Waals surface area contributed by atoms with Gasteiger partial charge in [0, 0.05) is 10.4 Å². The third-order valence-electron chi connectivity index (χ3n) is 3.01. The van der Waals surface area contributed by atoms with E-state index in [1.54, 1.807) is 26.0 Å². The minimum Gasteiger partial charge on any atom is -0.459 e. The molecule has 21 heavy (non-hydrogen) atoms.